The number of nitrogens with zero attached hydrogens (tertiary/aromatic N) is 2. The maximum atomic E-state index is 12.8. The normalized spacial score (nSPS) is 24.9. The second-order valence-electron chi connectivity index (χ2n) is 11.7. The predicted molar refractivity (Wildman–Crippen MR) is 157 cm³/mol. The molecule has 1 aliphatic carbocycles. The summed E-state index contributed by atoms with van der Waals surface area (Å²) in [5.74, 6) is 2.29. The second kappa shape index (κ2) is 13.4. The van der Waals surface area contributed by atoms with E-state index in [1.54, 1.807) is 5.57 Å². The van der Waals surface area contributed by atoms with E-state index in [1.807, 2.05) is 0 Å². The minimum Gasteiger partial charge on any atom is -0.356 e. The molecule has 2 aromatic rings. The lowest BCUT2D eigenvalue weighted by atomic mass is 9.87. The lowest BCUT2D eigenvalue weighted by Gasteiger charge is -2.34. The summed E-state index contributed by atoms with van der Waals surface area (Å²) in [6.45, 7) is 9.74. The number of hydrogen-bond donors (Lipinski definition) is 1. The zero-order chi connectivity index (χ0) is 26.2. The van der Waals surface area contributed by atoms with Crippen molar-refractivity contribution in [3.8, 4) is 0 Å². The van der Waals surface area contributed by atoms with E-state index in [4.69, 9.17) is 0 Å². The Kier molecular flexibility index (Phi) is 9.48. The van der Waals surface area contributed by atoms with Gasteiger partial charge >= 0.3 is 0 Å². The lowest BCUT2D eigenvalue weighted by Crippen LogP contribution is -2.43. The molecule has 0 saturated carbocycles. The number of aryl methyl sites for hydroxylation is 1. The molecule has 0 radical (unpaired) electrons. The van der Waals surface area contributed by atoms with Crippen LogP contribution in [0.25, 0.3) is 0 Å². The molecule has 4 nitrogen and oxygen atoms in total. The van der Waals surface area contributed by atoms with Crippen molar-refractivity contribution in [1.82, 2.24) is 15.1 Å². The van der Waals surface area contributed by atoms with E-state index < -0.39 is 0 Å². The van der Waals surface area contributed by atoms with Crippen LogP contribution in [0, 0.1) is 17.8 Å². The first-order chi connectivity index (χ1) is 18.7. The third kappa shape index (κ3) is 7.24. The van der Waals surface area contributed by atoms with Gasteiger partial charge in [-0.15, -0.1) is 0 Å². The van der Waals surface area contributed by atoms with E-state index in [0.717, 1.165) is 71.5 Å². The van der Waals surface area contributed by atoms with E-state index in [0.29, 0.717) is 17.8 Å². The summed E-state index contributed by atoms with van der Waals surface area (Å²) in [4.78, 5) is 18.1. The first kappa shape index (κ1) is 26.9. The summed E-state index contributed by atoms with van der Waals surface area (Å²) in [7, 11) is 0. The number of hydrogen-bond acceptors (Lipinski definition) is 3. The third-order valence-corrected chi connectivity index (χ3v) is 8.95. The smallest absolute Gasteiger partial charge is 0.223 e. The molecule has 202 valence electrons. The van der Waals surface area contributed by atoms with Gasteiger partial charge in [-0.1, -0.05) is 91.4 Å². The van der Waals surface area contributed by atoms with Crippen LogP contribution in [0.3, 0.4) is 0 Å². The number of likely N-dealkylation sites (tertiary alicyclic amines) is 2. The number of nitrogens with one attached hydrogen (secondary N) is 1. The fourth-order valence-corrected chi connectivity index (χ4v) is 6.61. The summed E-state index contributed by atoms with van der Waals surface area (Å²) in [5, 5.41) is 3.21. The highest BCUT2D eigenvalue weighted by Crippen LogP contribution is 2.35. The van der Waals surface area contributed by atoms with Crippen LogP contribution in [0.1, 0.15) is 49.7 Å². The lowest BCUT2D eigenvalue weighted by molar-refractivity contribution is -0.126. The van der Waals surface area contributed by atoms with Crippen LogP contribution in [0.4, 0.5) is 0 Å². The average molecular weight is 512 g/mol. The molecule has 2 aromatic carbocycles. The van der Waals surface area contributed by atoms with Crippen LogP contribution in [-0.4, -0.2) is 61.5 Å². The molecule has 2 heterocycles. The predicted octanol–water partition coefficient (Wildman–Crippen LogP) is 5.69. The SMILES string of the molecule is CC1CC=CC=C1CN1C[C@H](CN2CCC(C(=O)NCCCc3ccccc3)CC2)[C@@H](c2ccccc2)C1. The van der Waals surface area contributed by atoms with Crippen molar-refractivity contribution >= 4 is 5.91 Å². The topological polar surface area (TPSA) is 35.6 Å². The zero-order valence-electron chi connectivity index (χ0n) is 23.1. The van der Waals surface area contributed by atoms with Crippen molar-refractivity contribution in [2.75, 3.05) is 45.8 Å². The van der Waals surface area contributed by atoms with E-state index >= 15 is 0 Å². The number of amides is 1. The van der Waals surface area contributed by atoms with Crippen LogP contribution in [0.5, 0.6) is 0 Å². The molecular weight excluding hydrogens is 466 g/mol. The Bertz CT molecular complexity index is 1070. The average Bonchev–Trinajstić information content (AvgIpc) is 3.35. The van der Waals surface area contributed by atoms with Crippen LogP contribution < -0.4 is 5.32 Å². The van der Waals surface area contributed by atoms with Crippen molar-refractivity contribution in [1.29, 1.82) is 0 Å². The molecule has 2 aliphatic heterocycles. The Morgan fingerprint density at radius 1 is 0.947 bits per heavy atom. The first-order valence-corrected chi connectivity index (χ1v) is 14.8. The summed E-state index contributed by atoms with van der Waals surface area (Å²) in [6, 6.07) is 21.7. The van der Waals surface area contributed by atoms with Gasteiger partial charge in [0.15, 0.2) is 0 Å². The molecule has 0 bridgehead atoms. The Hall–Kier alpha value is -2.69. The fourth-order valence-electron chi connectivity index (χ4n) is 6.61. The Balaban J connectivity index is 1.10. The number of carbonyl (C=O) groups is 1. The highest BCUT2D eigenvalue weighted by atomic mass is 16.1. The van der Waals surface area contributed by atoms with Crippen molar-refractivity contribution in [3.63, 3.8) is 0 Å². The highest BCUT2D eigenvalue weighted by molar-refractivity contribution is 5.78. The van der Waals surface area contributed by atoms with Crippen LogP contribution >= 0.6 is 0 Å². The largest absolute Gasteiger partial charge is 0.356 e. The molecule has 3 atom stereocenters. The van der Waals surface area contributed by atoms with E-state index in [1.165, 1.54) is 17.5 Å². The molecule has 38 heavy (non-hydrogen) atoms. The van der Waals surface area contributed by atoms with E-state index in [9.17, 15) is 4.79 Å². The number of rotatable bonds is 10. The first-order valence-electron chi connectivity index (χ1n) is 14.8. The molecule has 4 heteroatoms. The number of allylic oxidation sites excluding steroid dienone is 3. The van der Waals surface area contributed by atoms with Crippen molar-refractivity contribution in [2.24, 2.45) is 17.8 Å². The van der Waals surface area contributed by atoms with Gasteiger partial charge in [-0.2, -0.15) is 0 Å². The van der Waals surface area contributed by atoms with Crippen molar-refractivity contribution < 1.29 is 4.79 Å². The summed E-state index contributed by atoms with van der Waals surface area (Å²) in [5.41, 5.74) is 4.40. The molecule has 5 rings (SSSR count). The molecule has 1 unspecified atom stereocenters. The van der Waals surface area contributed by atoms with Gasteiger partial charge in [0, 0.05) is 44.6 Å². The number of piperidine rings is 1. The molecule has 3 aliphatic rings. The molecular formula is C34H45N3O. The monoisotopic (exact) mass is 511 g/mol. The number of benzene rings is 2. The second-order valence-corrected chi connectivity index (χ2v) is 11.7. The third-order valence-electron chi connectivity index (χ3n) is 8.95. The van der Waals surface area contributed by atoms with Gasteiger partial charge < -0.3 is 10.2 Å². The van der Waals surface area contributed by atoms with E-state index in [2.05, 4.69) is 101 Å². The van der Waals surface area contributed by atoms with Gasteiger partial charge in [0.2, 0.25) is 5.91 Å². The summed E-state index contributed by atoms with van der Waals surface area (Å²) >= 11 is 0. The van der Waals surface area contributed by atoms with Crippen molar-refractivity contribution in [3.05, 3.63) is 95.6 Å². The molecule has 2 fully saturated rings. The molecule has 2 saturated heterocycles. The van der Waals surface area contributed by atoms with Gasteiger partial charge in [0.1, 0.15) is 0 Å². The Morgan fingerprint density at radius 2 is 1.68 bits per heavy atom. The standard InChI is InChI=1S/C34H45N3O/c1-27-11-8-9-17-31(27)23-37-25-32(33(26-37)29-15-6-3-7-16-29)24-36-21-18-30(19-22-36)34(38)35-20-10-14-28-12-4-2-5-13-28/h2-9,12-13,15-17,27,30,32-33H,10-11,14,18-26H2,1H3,(H,35,38)/t27?,32-,33+/m0/s1. The van der Waals surface area contributed by atoms with Crippen LogP contribution in [0.15, 0.2) is 84.5 Å². The molecule has 0 aromatic heterocycles. The van der Waals surface area contributed by atoms with Crippen molar-refractivity contribution in [2.45, 2.75) is 44.9 Å². The maximum Gasteiger partial charge on any atom is 0.223 e. The van der Waals surface area contributed by atoms with Gasteiger partial charge in [-0.25, -0.2) is 0 Å². The molecule has 1 amide bonds. The van der Waals surface area contributed by atoms with Gasteiger partial charge in [-0.05, 0) is 68.2 Å². The fraction of sp³-hybridized carbons (Fsp3) is 0.500. The Labute approximate surface area is 229 Å². The van der Waals surface area contributed by atoms with Gasteiger partial charge in [0.05, 0.1) is 0 Å². The summed E-state index contributed by atoms with van der Waals surface area (Å²) in [6.07, 6.45) is 12.0. The highest BCUT2D eigenvalue weighted by Gasteiger charge is 2.36. The molecule has 1 N–H and O–H groups in total. The summed E-state index contributed by atoms with van der Waals surface area (Å²) < 4.78 is 0. The maximum absolute atomic E-state index is 12.8. The Morgan fingerprint density at radius 3 is 2.42 bits per heavy atom. The van der Waals surface area contributed by atoms with Crippen LogP contribution in [0.2, 0.25) is 0 Å². The van der Waals surface area contributed by atoms with E-state index in [-0.39, 0.29) is 11.8 Å². The quantitative estimate of drug-likeness (QED) is 0.417. The van der Waals surface area contributed by atoms with Crippen LogP contribution in [-0.2, 0) is 11.2 Å². The van der Waals surface area contributed by atoms with Gasteiger partial charge in [-0.3, -0.25) is 9.69 Å². The molecule has 0 spiro atoms. The zero-order valence-corrected chi connectivity index (χ0v) is 23.1. The number of carbonyl (C=O) groups excluding carboxylic acids is 1. The minimum absolute atomic E-state index is 0.167. The van der Waals surface area contributed by atoms with Gasteiger partial charge in [0.25, 0.3) is 0 Å². The minimum atomic E-state index is 0.167.